The summed E-state index contributed by atoms with van der Waals surface area (Å²) in [7, 11) is 1.52. The molecule has 1 heterocycles. The van der Waals surface area contributed by atoms with Gasteiger partial charge in [0.05, 0.1) is 7.11 Å². The number of Topliss-reactive ketones (excluding diaryl/α,β-unsaturated/α-hetero) is 1. The lowest BCUT2D eigenvalue weighted by Crippen LogP contribution is -1.93. The highest BCUT2D eigenvalue weighted by atomic mass is 32.1. The summed E-state index contributed by atoms with van der Waals surface area (Å²) >= 11 is 1.01. The summed E-state index contributed by atoms with van der Waals surface area (Å²) in [4.78, 5) is 25.8. The number of aromatic nitrogens is 1. The van der Waals surface area contributed by atoms with Crippen LogP contribution in [0.5, 0.6) is 5.75 Å². The van der Waals surface area contributed by atoms with Crippen LogP contribution in [0.1, 0.15) is 16.7 Å². The van der Waals surface area contributed by atoms with Crippen LogP contribution in [0, 0.1) is 10.1 Å². The normalized spacial score (nSPS) is 10.2. The van der Waals surface area contributed by atoms with Gasteiger partial charge in [0.1, 0.15) is 10.6 Å². The smallest absolute Gasteiger partial charge is 0.383 e. The standard InChI is InChI=1S/C12H10N2O4S/c1-7(15)12-13-11(14(16)17)10(19-12)8-4-3-5-9(6-8)18-2/h3-6H,1-2H3. The van der Waals surface area contributed by atoms with E-state index in [0.717, 1.165) is 11.3 Å². The highest BCUT2D eigenvalue weighted by Crippen LogP contribution is 2.36. The topological polar surface area (TPSA) is 82.3 Å². The number of hydrogen-bond acceptors (Lipinski definition) is 6. The molecule has 0 saturated carbocycles. The molecular formula is C12H10N2O4S. The van der Waals surface area contributed by atoms with Crippen LogP contribution in [0.3, 0.4) is 0 Å². The summed E-state index contributed by atoms with van der Waals surface area (Å²) in [5, 5.41) is 11.1. The molecule has 1 aromatic heterocycles. The SMILES string of the molecule is COc1cccc(-c2sc(C(C)=O)nc2[N+](=O)[O-])c1. The maximum Gasteiger partial charge on any atom is 0.383 e. The first-order valence-corrected chi connectivity index (χ1v) is 6.15. The number of carbonyl (C=O) groups is 1. The van der Waals surface area contributed by atoms with Gasteiger partial charge in [0, 0.05) is 12.5 Å². The average molecular weight is 278 g/mol. The number of ether oxygens (including phenoxy) is 1. The van der Waals surface area contributed by atoms with E-state index in [0.29, 0.717) is 16.2 Å². The zero-order valence-corrected chi connectivity index (χ0v) is 11.1. The number of benzene rings is 1. The van der Waals surface area contributed by atoms with E-state index >= 15 is 0 Å². The second-order valence-corrected chi connectivity index (χ2v) is 4.72. The van der Waals surface area contributed by atoms with Gasteiger partial charge in [0.25, 0.3) is 5.01 Å². The molecule has 2 rings (SSSR count). The van der Waals surface area contributed by atoms with Gasteiger partial charge in [0.2, 0.25) is 5.78 Å². The van der Waals surface area contributed by atoms with Crippen molar-refractivity contribution < 1.29 is 14.5 Å². The maximum absolute atomic E-state index is 11.3. The minimum atomic E-state index is -0.586. The Kier molecular flexibility index (Phi) is 3.57. The van der Waals surface area contributed by atoms with Crippen molar-refractivity contribution in [2.75, 3.05) is 7.11 Å². The quantitative estimate of drug-likeness (QED) is 0.488. The van der Waals surface area contributed by atoms with Crippen molar-refractivity contribution >= 4 is 22.9 Å². The Morgan fingerprint density at radius 3 is 2.79 bits per heavy atom. The lowest BCUT2D eigenvalue weighted by Gasteiger charge is -2.01. The molecule has 0 N–H and O–H groups in total. The zero-order valence-electron chi connectivity index (χ0n) is 10.2. The van der Waals surface area contributed by atoms with Gasteiger partial charge in [-0.2, -0.15) is 0 Å². The molecular weight excluding hydrogens is 268 g/mol. The molecule has 0 aliphatic rings. The van der Waals surface area contributed by atoms with Gasteiger partial charge >= 0.3 is 5.82 Å². The van der Waals surface area contributed by atoms with Crippen LogP contribution in [-0.2, 0) is 0 Å². The summed E-state index contributed by atoms with van der Waals surface area (Å²) in [6.07, 6.45) is 0. The van der Waals surface area contributed by atoms with Crippen molar-refractivity contribution in [1.82, 2.24) is 4.98 Å². The molecule has 2 aromatic rings. The van der Waals surface area contributed by atoms with Gasteiger partial charge in [0.15, 0.2) is 0 Å². The number of nitro groups is 1. The molecule has 0 bridgehead atoms. The molecule has 0 aliphatic carbocycles. The highest BCUT2D eigenvalue weighted by Gasteiger charge is 2.26. The number of thiazole rings is 1. The first-order valence-electron chi connectivity index (χ1n) is 5.33. The minimum Gasteiger partial charge on any atom is -0.497 e. The van der Waals surface area contributed by atoms with Crippen molar-refractivity contribution in [3.05, 3.63) is 39.4 Å². The van der Waals surface area contributed by atoms with Crippen LogP contribution in [0.15, 0.2) is 24.3 Å². The van der Waals surface area contributed by atoms with E-state index in [4.69, 9.17) is 4.74 Å². The Labute approximate surface area is 112 Å². The van der Waals surface area contributed by atoms with E-state index in [2.05, 4.69) is 4.98 Å². The van der Waals surface area contributed by atoms with Gasteiger partial charge in [-0.1, -0.05) is 23.5 Å². The van der Waals surface area contributed by atoms with Crippen molar-refractivity contribution in [3.8, 4) is 16.2 Å². The first-order chi connectivity index (χ1) is 9.02. The van der Waals surface area contributed by atoms with Crippen LogP contribution in [0.2, 0.25) is 0 Å². The molecule has 0 saturated heterocycles. The number of methoxy groups -OCH3 is 1. The molecule has 19 heavy (non-hydrogen) atoms. The second-order valence-electron chi connectivity index (χ2n) is 3.72. The molecule has 7 heteroatoms. The third kappa shape index (κ3) is 2.60. The van der Waals surface area contributed by atoms with Crippen LogP contribution in [0.4, 0.5) is 5.82 Å². The summed E-state index contributed by atoms with van der Waals surface area (Å²) < 4.78 is 5.08. The Morgan fingerprint density at radius 2 is 2.21 bits per heavy atom. The third-order valence-corrected chi connectivity index (χ3v) is 3.61. The van der Waals surface area contributed by atoms with Crippen LogP contribution < -0.4 is 4.74 Å². The predicted molar refractivity (Wildman–Crippen MR) is 70.8 cm³/mol. The van der Waals surface area contributed by atoms with E-state index in [1.54, 1.807) is 24.3 Å². The van der Waals surface area contributed by atoms with Gasteiger partial charge in [-0.05, 0) is 22.0 Å². The van der Waals surface area contributed by atoms with Crippen molar-refractivity contribution in [1.29, 1.82) is 0 Å². The highest BCUT2D eigenvalue weighted by molar-refractivity contribution is 7.17. The van der Waals surface area contributed by atoms with Gasteiger partial charge in [-0.3, -0.25) is 4.79 Å². The van der Waals surface area contributed by atoms with Crippen molar-refractivity contribution in [3.63, 3.8) is 0 Å². The molecule has 0 unspecified atom stereocenters. The number of hydrogen-bond donors (Lipinski definition) is 0. The van der Waals surface area contributed by atoms with Gasteiger partial charge < -0.3 is 14.9 Å². The molecule has 98 valence electrons. The zero-order chi connectivity index (χ0) is 14.0. The van der Waals surface area contributed by atoms with Crippen molar-refractivity contribution in [2.24, 2.45) is 0 Å². The lowest BCUT2D eigenvalue weighted by atomic mass is 10.2. The molecule has 0 fully saturated rings. The number of rotatable bonds is 4. The third-order valence-electron chi connectivity index (χ3n) is 2.42. The molecule has 0 spiro atoms. The van der Waals surface area contributed by atoms with Crippen molar-refractivity contribution in [2.45, 2.75) is 6.92 Å². The predicted octanol–water partition coefficient (Wildman–Crippen LogP) is 2.93. The number of ketones is 1. The Bertz CT molecular complexity index is 651. The largest absolute Gasteiger partial charge is 0.497 e. The lowest BCUT2D eigenvalue weighted by molar-refractivity contribution is -0.388. The van der Waals surface area contributed by atoms with E-state index in [-0.39, 0.29) is 16.6 Å². The van der Waals surface area contributed by atoms with Gasteiger partial charge in [-0.15, -0.1) is 0 Å². The molecule has 0 radical (unpaired) electrons. The Balaban J connectivity index is 2.59. The number of carbonyl (C=O) groups excluding carboxylic acids is 1. The summed E-state index contributed by atoms with van der Waals surface area (Å²) in [5.41, 5.74) is 0.607. The van der Waals surface area contributed by atoms with Crippen LogP contribution in [-0.4, -0.2) is 22.8 Å². The maximum atomic E-state index is 11.3. The van der Waals surface area contributed by atoms with E-state index in [1.165, 1.54) is 14.0 Å². The molecule has 6 nitrogen and oxygen atoms in total. The Morgan fingerprint density at radius 1 is 1.47 bits per heavy atom. The fourth-order valence-corrected chi connectivity index (χ4v) is 2.46. The fraction of sp³-hybridized carbons (Fsp3) is 0.167. The molecule has 0 aliphatic heterocycles. The minimum absolute atomic E-state index is 0.129. The van der Waals surface area contributed by atoms with Crippen LogP contribution in [0.25, 0.3) is 10.4 Å². The monoisotopic (exact) mass is 278 g/mol. The summed E-state index contributed by atoms with van der Waals surface area (Å²) in [6.45, 7) is 1.33. The molecule has 0 atom stereocenters. The Hall–Kier alpha value is -2.28. The van der Waals surface area contributed by atoms with E-state index in [1.807, 2.05) is 0 Å². The molecule has 0 amide bonds. The fourth-order valence-electron chi connectivity index (χ4n) is 1.54. The average Bonchev–Trinajstić information content (AvgIpc) is 2.84. The first kappa shape index (κ1) is 13.2. The second kappa shape index (κ2) is 5.15. The van der Waals surface area contributed by atoms with E-state index in [9.17, 15) is 14.9 Å². The number of nitrogens with zero attached hydrogens (tertiary/aromatic N) is 2. The summed E-state index contributed by atoms with van der Waals surface area (Å²) in [6, 6.07) is 6.85. The van der Waals surface area contributed by atoms with Gasteiger partial charge in [-0.25, -0.2) is 0 Å². The molecule has 1 aromatic carbocycles. The van der Waals surface area contributed by atoms with E-state index < -0.39 is 4.92 Å². The summed E-state index contributed by atoms with van der Waals surface area (Å²) in [5.74, 6) is -0.00438. The van der Waals surface area contributed by atoms with Crippen LogP contribution >= 0.6 is 11.3 Å².